The number of halogens is 2. The Labute approximate surface area is 126 Å². The standard InChI is InChI=1S/C16H15F2NOS/c17-16(18)20-14-7-3-2-6-13(14)19-12-9-10-21-15-8-4-1-5-11(12)15/h1-8,12,16,19H,9-10H2. The van der Waals surface area contributed by atoms with Gasteiger partial charge in [-0.05, 0) is 30.2 Å². The Kier molecular flexibility index (Phi) is 4.29. The minimum atomic E-state index is -2.82. The Balaban J connectivity index is 1.85. The van der Waals surface area contributed by atoms with Crippen molar-refractivity contribution in [2.24, 2.45) is 0 Å². The molecule has 21 heavy (non-hydrogen) atoms. The van der Waals surface area contributed by atoms with E-state index < -0.39 is 6.61 Å². The van der Waals surface area contributed by atoms with Crippen LogP contribution in [-0.4, -0.2) is 12.4 Å². The average molecular weight is 307 g/mol. The van der Waals surface area contributed by atoms with Gasteiger partial charge in [-0.1, -0.05) is 30.3 Å². The smallest absolute Gasteiger partial charge is 0.387 e. The van der Waals surface area contributed by atoms with E-state index in [2.05, 4.69) is 22.2 Å². The fourth-order valence-electron chi connectivity index (χ4n) is 2.46. The highest BCUT2D eigenvalue weighted by Gasteiger charge is 2.21. The normalized spacial score (nSPS) is 17.4. The van der Waals surface area contributed by atoms with Crippen LogP contribution in [0.3, 0.4) is 0 Å². The molecule has 5 heteroatoms. The first-order chi connectivity index (χ1) is 10.2. The molecule has 2 aromatic carbocycles. The van der Waals surface area contributed by atoms with Gasteiger partial charge in [0, 0.05) is 10.6 Å². The quantitative estimate of drug-likeness (QED) is 0.864. The lowest BCUT2D eigenvalue weighted by Crippen LogP contribution is -2.17. The fraction of sp³-hybridized carbons (Fsp3) is 0.250. The van der Waals surface area contributed by atoms with E-state index in [1.807, 2.05) is 30.0 Å². The Hall–Kier alpha value is -1.75. The zero-order chi connectivity index (χ0) is 14.7. The summed E-state index contributed by atoms with van der Waals surface area (Å²) in [5.74, 6) is 1.19. The van der Waals surface area contributed by atoms with Crippen LogP contribution < -0.4 is 10.1 Å². The van der Waals surface area contributed by atoms with Crippen molar-refractivity contribution in [3.8, 4) is 5.75 Å². The molecule has 110 valence electrons. The lowest BCUT2D eigenvalue weighted by molar-refractivity contribution is -0.0493. The minimum absolute atomic E-state index is 0.116. The van der Waals surface area contributed by atoms with Gasteiger partial charge in [-0.3, -0.25) is 0 Å². The molecule has 0 aliphatic carbocycles. The van der Waals surface area contributed by atoms with Crippen molar-refractivity contribution < 1.29 is 13.5 Å². The summed E-state index contributed by atoms with van der Waals surface area (Å²) < 4.78 is 29.5. The zero-order valence-corrected chi connectivity index (χ0v) is 12.1. The van der Waals surface area contributed by atoms with Gasteiger partial charge in [0.15, 0.2) is 0 Å². The number of thioether (sulfide) groups is 1. The molecule has 0 spiro atoms. The number of para-hydroxylation sites is 2. The van der Waals surface area contributed by atoms with Crippen molar-refractivity contribution >= 4 is 17.4 Å². The average Bonchev–Trinajstić information content (AvgIpc) is 2.49. The highest BCUT2D eigenvalue weighted by Crippen LogP contribution is 2.39. The van der Waals surface area contributed by atoms with E-state index in [4.69, 9.17) is 0 Å². The van der Waals surface area contributed by atoms with Gasteiger partial charge in [-0.25, -0.2) is 0 Å². The van der Waals surface area contributed by atoms with Gasteiger partial charge in [0.1, 0.15) is 5.75 Å². The van der Waals surface area contributed by atoms with Crippen molar-refractivity contribution in [1.82, 2.24) is 0 Å². The Morgan fingerprint density at radius 2 is 1.86 bits per heavy atom. The third-order valence-electron chi connectivity index (χ3n) is 3.39. The summed E-state index contributed by atoms with van der Waals surface area (Å²) in [7, 11) is 0. The van der Waals surface area contributed by atoms with E-state index in [0.29, 0.717) is 5.69 Å². The maximum absolute atomic E-state index is 12.5. The molecule has 1 atom stereocenters. The maximum atomic E-state index is 12.5. The SMILES string of the molecule is FC(F)Oc1ccccc1NC1CCSc2ccccc21. The number of rotatable bonds is 4. The first kappa shape index (κ1) is 14.2. The summed E-state index contributed by atoms with van der Waals surface area (Å²) in [4.78, 5) is 1.24. The van der Waals surface area contributed by atoms with E-state index in [9.17, 15) is 8.78 Å². The second-order valence-corrected chi connectivity index (χ2v) is 5.88. The van der Waals surface area contributed by atoms with Crippen LogP contribution in [0.1, 0.15) is 18.0 Å². The van der Waals surface area contributed by atoms with Crippen molar-refractivity contribution in [3.63, 3.8) is 0 Å². The van der Waals surface area contributed by atoms with Crippen LogP contribution >= 0.6 is 11.8 Å². The van der Waals surface area contributed by atoms with E-state index in [-0.39, 0.29) is 11.8 Å². The van der Waals surface area contributed by atoms with Gasteiger partial charge >= 0.3 is 6.61 Å². The van der Waals surface area contributed by atoms with Crippen molar-refractivity contribution in [2.75, 3.05) is 11.1 Å². The number of nitrogens with one attached hydrogen (secondary N) is 1. The van der Waals surface area contributed by atoms with Gasteiger partial charge in [0.2, 0.25) is 0 Å². The molecule has 0 bridgehead atoms. The molecule has 1 heterocycles. The molecule has 1 N–H and O–H groups in total. The summed E-state index contributed by atoms with van der Waals surface area (Å²) in [6.45, 7) is -2.82. The predicted octanol–water partition coefficient (Wildman–Crippen LogP) is 4.94. The van der Waals surface area contributed by atoms with Gasteiger partial charge < -0.3 is 10.1 Å². The summed E-state index contributed by atoms with van der Waals surface area (Å²) in [5, 5.41) is 3.34. The number of ether oxygens (including phenoxy) is 1. The summed E-state index contributed by atoms with van der Waals surface area (Å²) in [6.07, 6.45) is 0.949. The van der Waals surface area contributed by atoms with Crippen LogP contribution in [0.2, 0.25) is 0 Å². The molecule has 1 unspecified atom stereocenters. The highest BCUT2D eigenvalue weighted by molar-refractivity contribution is 7.99. The fourth-order valence-corrected chi connectivity index (χ4v) is 3.59. The van der Waals surface area contributed by atoms with Gasteiger partial charge in [0.05, 0.1) is 11.7 Å². The van der Waals surface area contributed by atoms with E-state index in [1.165, 1.54) is 10.5 Å². The van der Waals surface area contributed by atoms with Crippen molar-refractivity contribution in [1.29, 1.82) is 0 Å². The largest absolute Gasteiger partial charge is 0.433 e. The first-order valence-corrected chi connectivity index (χ1v) is 7.74. The summed E-state index contributed by atoms with van der Waals surface area (Å²) in [6, 6.07) is 15.1. The minimum Gasteiger partial charge on any atom is -0.433 e. The lowest BCUT2D eigenvalue weighted by Gasteiger charge is -2.27. The molecule has 0 saturated heterocycles. The molecular weight excluding hydrogens is 292 g/mol. The second-order valence-electron chi connectivity index (χ2n) is 4.75. The van der Waals surface area contributed by atoms with E-state index in [0.717, 1.165) is 12.2 Å². The van der Waals surface area contributed by atoms with Crippen LogP contribution in [0, 0.1) is 0 Å². The number of hydrogen-bond donors (Lipinski definition) is 1. The molecule has 3 rings (SSSR count). The zero-order valence-electron chi connectivity index (χ0n) is 11.3. The van der Waals surface area contributed by atoms with Crippen LogP contribution in [0.4, 0.5) is 14.5 Å². The highest BCUT2D eigenvalue weighted by atomic mass is 32.2. The molecule has 0 fully saturated rings. The van der Waals surface area contributed by atoms with Gasteiger partial charge in [-0.15, -0.1) is 11.8 Å². The Bertz CT molecular complexity index is 621. The van der Waals surface area contributed by atoms with Crippen LogP contribution in [-0.2, 0) is 0 Å². The number of benzene rings is 2. The molecule has 0 amide bonds. The molecule has 0 radical (unpaired) electrons. The van der Waals surface area contributed by atoms with Crippen molar-refractivity contribution in [2.45, 2.75) is 24.0 Å². The van der Waals surface area contributed by atoms with Crippen LogP contribution in [0.15, 0.2) is 53.4 Å². The monoisotopic (exact) mass is 307 g/mol. The number of alkyl halides is 2. The van der Waals surface area contributed by atoms with Crippen LogP contribution in [0.25, 0.3) is 0 Å². The lowest BCUT2D eigenvalue weighted by atomic mass is 10.0. The number of fused-ring (bicyclic) bond motifs is 1. The molecule has 1 aliphatic rings. The molecular formula is C16H15F2NOS. The maximum Gasteiger partial charge on any atom is 0.387 e. The summed E-state index contributed by atoms with van der Waals surface area (Å²) >= 11 is 1.83. The third kappa shape index (κ3) is 3.29. The predicted molar refractivity (Wildman–Crippen MR) is 81.2 cm³/mol. The summed E-state index contributed by atoms with van der Waals surface area (Å²) in [5.41, 5.74) is 1.81. The van der Waals surface area contributed by atoms with Crippen LogP contribution in [0.5, 0.6) is 5.75 Å². The topological polar surface area (TPSA) is 21.3 Å². The second kappa shape index (κ2) is 6.35. The van der Waals surface area contributed by atoms with Crippen molar-refractivity contribution in [3.05, 3.63) is 54.1 Å². The number of anilines is 1. The molecule has 2 nitrogen and oxygen atoms in total. The van der Waals surface area contributed by atoms with E-state index in [1.54, 1.807) is 18.2 Å². The third-order valence-corrected chi connectivity index (χ3v) is 4.51. The van der Waals surface area contributed by atoms with E-state index >= 15 is 0 Å². The molecule has 0 aromatic heterocycles. The molecule has 1 aliphatic heterocycles. The number of hydrogen-bond acceptors (Lipinski definition) is 3. The van der Waals surface area contributed by atoms with Gasteiger partial charge in [0.25, 0.3) is 0 Å². The molecule has 2 aromatic rings. The molecule has 0 saturated carbocycles. The first-order valence-electron chi connectivity index (χ1n) is 6.76. The van der Waals surface area contributed by atoms with Gasteiger partial charge in [-0.2, -0.15) is 8.78 Å². The Morgan fingerprint density at radius 3 is 2.71 bits per heavy atom. The Morgan fingerprint density at radius 1 is 1.10 bits per heavy atom.